The fourth-order valence-corrected chi connectivity index (χ4v) is 2.45. The highest BCUT2D eigenvalue weighted by Gasteiger charge is 2.22. The van der Waals surface area contributed by atoms with Crippen molar-refractivity contribution < 1.29 is 4.74 Å². The molecule has 0 saturated carbocycles. The molecule has 0 bridgehead atoms. The molecule has 1 saturated heterocycles. The highest BCUT2D eigenvalue weighted by Crippen LogP contribution is 2.16. The van der Waals surface area contributed by atoms with Crippen molar-refractivity contribution in [2.75, 3.05) is 39.4 Å². The van der Waals surface area contributed by atoms with E-state index in [1.807, 2.05) is 0 Å². The lowest BCUT2D eigenvalue weighted by molar-refractivity contribution is 0.128. The minimum absolute atomic E-state index is 0.542. The first-order valence-corrected chi connectivity index (χ1v) is 7.99. The van der Waals surface area contributed by atoms with Gasteiger partial charge < -0.3 is 15.8 Å². The van der Waals surface area contributed by atoms with Crippen molar-refractivity contribution in [3.05, 3.63) is 0 Å². The molecule has 118 valence electrons. The van der Waals surface area contributed by atoms with Gasteiger partial charge in [-0.15, -0.1) is 0 Å². The summed E-state index contributed by atoms with van der Waals surface area (Å²) in [5.74, 6) is 1.24. The van der Waals surface area contributed by atoms with E-state index in [1.54, 1.807) is 0 Å². The molecular weight excluding hydrogens is 252 g/mol. The van der Waals surface area contributed by atoms with E-state index in [0.29, 0.717) is 24.5 Å². The summed E-state index contributed by atoms with van der Waals surface area (Å²) in [6.07, 6.45) is 3.63. The van der Waals surface area contributed by atoms with Crippen molar-refractivity contribution in [3.63, 3.8) is 0 Å². The maximum Gasteiger partial charge on any atom is 0.188 e. The van der Waals surface area contributed by atoms with Crippen LogP contribution in [-0.2, 0) is 4.74 Å². The van der Waals surface area contributed by atoms with E-state index in [9.17, 15) is 0 Å². The van der Waals surface area contributed by atoms with E-state index < -0.39 is 0 Å². The molecule has 1 aliphatic heterocycles. The number of nitrogens with two attached hydrogens (primary N) is 1. The van der Waals surface area contributed by atoms with Crippen LogP contribution in [0.25, 0.3) is 0 Å². The van der Waals surface area contributed by atoms with Crippen LogP contribution in [0.15, 0.2) is 4.99 Å². The van der Waals surface area contributed by atoms with Gasteiger partial charge in [0, 0.05) is 19.2 Å². The van der Waals surface area contributed by atoms with Gasteiger partial charge >= 0.3 is 0 Å². The second kappa shape index (κ2) is 10.00. The van der Waals surface area contributed by atoms with Crippen molar-refractivity contribution in [2.24, 2.45) is 16.6 Å². The zero-order valence-corrected chi connectivity index (χ0v) is 13.4. The smallest absolute Gasteiger partial charge is 0.188 e. The van der Waals surface area contributed by atoms with Gasteiger partial charge in [0.05, 0.1) is 13.2 Å². The minimum Gasteiger partial charge on any atom is -0.380 e. The lowest BCUT2D eigenvalue weighted by Gasteiger charge is -2.20. The zero-order chi connectivity index (χ0) is 14.8. The van der Waals surface area contributed by atoms with Gasteiger partial charge in [0.25, 0.3) is 0 Å². The molecule has 0 radical (unpaired) electrons. The van der Waals surface area contributed by atoms with Crippen LogP contribution in [0.2, 0.25) is 0 Å². The summed E-state index contributed by atoms with van der Waals surface area (Å²) in [4.78, 5) is 6.91. The van der Waals surface area contributed by atoms with Crippen molar-refractivity contribution in [3.8, 4) is 0 Å². The van der Waals surface area contributed by atoms with Crippen molar-refractivity contribution in [2.45, 2.75) is 46.1 Å². The average molecular weight is 284 g/mol. The SMILES string of the molecule is CCN1CCCC1CN=C(N)NCCOCCC(C)C. The zero-order valence-electron chi connectivity index (χ0n) is 13.4. The summed E-state index contributed by atoms with van der Waals surface area (Å²) in [5.41, 5.74) is 5.87. The summed E-state index contributed by atoms with van der Waals surface area (Å²) in [6, 6.07) is 0.572. The molecule has 0 aromatic rings. The first kappa shape index (κ1) is 17.2. The largest absolute Gasteiger partial charge is 0.380 e. The van der Waals surface area contributed by atoms with Gasteiger partial charge in [0.1, 0.15) is 0 Å². The van der Waals surface area contributed by atoms with E-state index in [0.717, 1.165) is 32.7 Å². The Labute approximate surface area is 124 Å². The summed E-state index contributed by atoms with van der Waals surface area (Å²) in [5, 5.41) is 3.11. The third-order valence-corrected chi connectivity index (χ3v) is 3.77. The fraction of sp³-hybridized carbons (Fsp3) is 0.933. The second-order valence-corrected chi connectivity index (χ2v) is 5.87. The highest BCUT2D eigenvalue weighted by molar-refractivity contribution is 5.77. The molecule has 20 heavy (non-hydrogen) atoms. The van der Waals surface area contributed by atoms with Crippen molar-refractivity contribution >= 4 is 5.96 Å². The topological polar surface area (TPSA) is 62.9 Å². The van der Waals surface area contributed by atoms with Gasteiger partial charge in [-0.1, -0.05) is 20.8 Å². The van der Waals surface area contributed by atoms with Gasteiger partial charge in [-0.2, -0.15) is 0 Å². The van der Waals surface area contributed by atoms with Gasteiger partial charge in [-0.3, -0.25) is 9.89 Å². The third kappa shape index (κ3) is 7.10. The van der Waals surface area contributed by atoms with Crippen molar-refractivity contribution in [1.82, 2.24) is 10.2 Å². The van der Waals surface area contributed by atoms with Crippen molar-refractivity contribution in [1.29, 1.82) is 0 Å². The molecule has 5 heteroatoms. The number of likely N-dealkylation sites (tertiary alicyclic amines) is 1. The molecule has 0 aromatic carbocycles. The molecule has 1 unspecified atom stereocenters. The van der Waals surface area contributed by atoms with Crippen LogP contribution in [0.4, 0.5) is 0 Å². The lowest BCUT2D eigenvalue weighted by atomic mass is 10.1. The Balaban J connectivity index is 2.06. The molecule has 1 fully saturated rings. The Hall–Kier alpha value is -0.810. The number of ether oxygens (including phenoxy) is 1. The standard InChI is InChI=1S/C15H32N4O/c1-4-19-9-5-6-14(19)12-18-15(16)17-8-11-20-10-7-13(2)3/h13-14H,4-12H2,1-3H3,(H3,16,17,18). The number of hydrogen-bond donors (Lipinski definition) is 2. The number of hydrogen-bond acceptors (Lipinski definition) is 3. The minimum atomic E-state index is 0.542. The van der Waals surface area contributed by atoms with Crippen LogP contribution in [-0.4, -0.2) is 56.3 Å². The molecule has 0 aliphatic carbocycles. The Kier molecular flexibility index (Phi) is 8.62. The lowest BCUT2D eigenvalue weighted by Crippen LogP contribution is -2.37. The van der Waals surface area contributed by atoms with Gasteiger partial charge in [-0.05, 0) is 38.3 Å². The third-order valence-electron chi connectivity index (χ3n) is 3.77. The van der Waals surface area contributed by atoms with E-state index >= 15 is 0 Å². The average Bonchev–Trinajstić information content (AvgIpc) is 2.87. The fourth-order valence-electron chi connectivity index (χ4n) is 2.45. The Bertz CT molecular complexity index is 281. The summed E-state index contributed by atoms with van der Waals surface area (Å²) in [7, 11) is 0. The molecule has 1 atom stereocenters. The molecule has 0 aromatic heterocycles. The number of nitrogens with one attached hydrogen (secondary N) is 1. The van der Waals surface area contributed by atoms with Crippen LogP contribution in [0, 0.1) is 5.92 Å². The molecular formula is C15H32N4O. The number of likely N-dealkylation sites (N-methyl/N-ethyl adjacent to an activating group) is 1. The molecule has 1 rings (SSSR count). The molecule has 5 nitrogen and oxygen atoms in total. The monoisotopic (exact) mass is 284 g/mol. The molecule has 0 spiro atoms. The van der Waals surface area contributed by atoms with Crippen LogP contribution in [0.3, 0.4) is 0 Å². The van der Waals surface area contributed by atoms with Crippen LogP contribution >= 0.6 is 0 Å². The van der Waals surface area contributed by atoms with E-state index in [4.69, 9.17) is 10.5 Å². The van der Waals surface area contributed by atoms with Crippen LogP contribution in [0.5, 0.6) is 0 Å². The first-order chi connectivity index (χ1) is 9.63. The first-order valence-electron chi connectivity index (χ1n) is 7.99. The predicted octanol–water partition coefficient (Wildman–Crippen LogP) is 1.44. The number of rotatable bonds is 9. The molecule has 1 aliphatic rings. The molecule has 3 N–H and O–H groups in total. The van der Waals surface area contributed by atoms with E-state index in [1.165, 1.54) is 19.4 Å². The van der Waals surface area contributed by atoms with E-state index in [2.05, 4.69) is 36.0 Å². The summed E-state index contributed by atoms with van der Waals surface area (Å²) < 4.78 is 5.53. The van der Waals surface area contributed by atoms with Gasteiger partial charge in [0.15, 0.2) is 5.96 Å². The maximum absolute atomic E-state index is 5.87. The second-order valence-electron chi connectivity index (χ2n) is 5.87. The van der Waals surface area contributed by atoms with Crippen LogP contribution in [0.1, 0.15) is 40.0 Å². The van der Waals surface area contributed by atoms with Crippen LogP contribution < -0.4 is 11.1 Å². The Morgan fingerprint density at radius 3 is 2.95 bits per heavy atom. The number of aliphatic imine (C=N–C) groups is 1. The molecule has 0 amide bonds. The number of guanidine groups is 1. The number of nitrogens with zero attached hydrogens (tertiary/aromatic N) is 2. The Morgan fingerprint density at radius 1 is 1.45 bits per heavy atom. The van der Waals surface area contributed by atoms with E-state index in [-0.39, 0.29) is 0 Å². The quantitative estimate of drug-likeness (QED) is 0.382. The normalized spacial score (nSPS) is 20.8. The Morgan fingerprint density at radius 2 is 2.25 bits per heavy atom. The van der Waals surface area contributed by atoms with Gasteiger partial charge in [-0.25, -0.2) is 0 Å². The molecule has 1 heterocycles. The predicted molar refractivity (Wildman–Crippen MR) is 85.0 cm³/mol. The summed E-state index contributed by atoms with van der Waals surface area (Å²) >= 11 is 0. The summed E-state index contributed by atoms with van der Waals surface area (Å²) in [6.45, 7) is 12.0. The maximum atomic E-state index is 5.87. The highest BCUT2D eigenvalue weighted by atomic mass is 16.5. The van der Waals surface area contributed by atoms with Gasteiger partial charge in [0.2, 0.25) is 0 Å².